The third-order valence-corrected chi connectivity index (χ3v) is 8.89. The molecule has 3 aliphatic rings. The van der Waals surface area contributed by atoms with Crippen molar-refractivity contribution in [2.75, 3.05) is 18.8 Å². The third-order valence-electron chi connectivity index (χ3n) is 6.75. The fraction of sp³-hybridized carbons (Fsp3) is 0.632. The van der Waals surface area contributed by atoms with Crippen LogP contribution in [-0.2, 0) is 20.3 Å². The van der Waals surface area contributed by atoms with Crippen LogP contribution in [0.2, 0.25) is 0 Å². The Morgan fingerprint density at radius 1 is 1.32 bits per heavy atom. The van der Waals surface area contributed by atoms with Crippen molar-refractivity contribution >= 4 is 33.6 Å². The molecule has 150 valence electrons. The first-order chi connectivity index (χ1) is 13.2. The monoisotopic (exact) mass is 403 g/mol. The second-order valence-electron chi connectivity index (χ2n) is 9.23. The lowest BCUT2D eigenvalue weighted by Gasteiger charge is -2.54. The van der Waals surface area contributed by atoms with E-state index in [9.17, 15) is 13.4 Å². The Kier molecular flexibility index (Phi) is 4.02. The molecule has 2 aromatic heterocycles. The maximum absolute atomic E-state index is 12.5. The van der Waals surface area contributed by atoms with Gasteiger partial charge in [-0.1, -0.05) is 13.8 Å². The number of fused-ring (bicyclic) bond motifs is 4. The summed E-state index contributed by atoms with van der Waals surface area (Å²) in [4.78, 5) is 7.53. The van der Waals surface area contributed by atoms with Crippen LogP contribution in [0.3, 0.4) is 0 Å². The molecule has 0 atom stereocenters. The Balaban J connectivity index is 1.36. The number of rotatable bonds is 3. The van der Waals surface area contributed by atoms with Crippen molar-refractivity contribution in [2.24, 2.45) is 11.3 Å². The van der Waals surface area contributed by atoms with E-state index in [0.717, 1.165) is 47.7 Å². The maximum Gasteiger partial charge on any atom is 0.493 e. The smallest absolute Gasteiger partial charge is 0.423 e. The zero-order valence-electron chi connectivity index (χ0n) is 16.3. The average molecular weight is 403 g/mol. The number of nitrogens with zero attached hydrogens (tertiary/aromatic N) is 2. The molecular weight excluding hydrogens is 377 g/mol. The van der Waals surface area contributed by atoms with E-state index in [1.54, 1.807) is 10.5 Å². The summed E-state index contributed by atoms with van der Waals surface area (Å²) < 4.78 is 32.7. The van der Waals surface area contributed by atoms with E-state index in [2.05, 4.69) is 9.97 Å². The lowest BCUT2D eigenvalue weighted by atomic mass is 9.63. The molecule has 2 aliphatic heterocycles. The second-order valence-corrected chi connectivity index (χ2v) is 11.2. The summed E-state index contributed by atoms with van der Waals surface area (Å²) in [7, 11) is -4.10. The molecule has 2 spiro atoms. The van der Waals surface area contributed by atoms with Gasteiger partial charge in [0.2, 0.25) is 10.0 Å². The summed E-state index contributed by atoms with van der Waals surface area (Å²) >= 11 is 0. The number of hydrogen-bond acceptors (Lipinski definition) is 5. The fourth-order valence-electron chi connectivity index (χ4n) is 5.35. The molecule has 0 unspecified atom stereocenters. The van der Waals surface area contributed by atoms with Crippen molar-refractivity contribution in [1.29, 1.82) is 0 Å². The average Bonchev–Trinajstić information content (AvgIpc) is 3.16. The molecule has 0 amide bonds. The van der Waals surface area contributed by atoms with Crippen LogP contribution in [0.25, 0.3) is 11.0 Å². The number of sulfonamides is 1. The fourth-order valence-corrected chi connectivity index (χ4v) is 7.34. The van der Waals surface area contributed by atoms with Crippen molar-refractivity contribution in [1.82, 2.24) is 14.3 Å². The number of hydrogen-bond donors (Lipinski definition) is 2. The van der Waals surface area contributed by atoms with Gasteiger partial charge >= 0.3 is 7.12 Å². The number of aromatic amines is 1. The summed E-state index contributed by atoms with van der Waals surface area (Å²) in [5, 5.41) is 11.5. The van der Waals surface area contributed by atoms with Gasteiger partial charge in [-0.15, -0.1) is 0 Å². The second kappa shape index (κ2) is 6.04. The van der Waals surface area contributed by atoms with Crippen LogP contribution in [0.4, 0.5) is 0 Å². The van der Waals surface area contributed by atoms with Crippen LogP contribution >= 0.6 is 0 Å². The summed E-state index contributed by atoms with van der Waals surface area (Å²) in [6.45, 7) is 5.11. The van der Waals surface area contributed by atoms with Crippen LogP contribution in [0.1, 0.15) is 45.1 Å². The van der Waals surface area contributed by atoms with Crippen molar-refractivity contribution in [3.63, 3.8) is 0 Å². The van der Waals surface area contributed by atoms with Crippen molar-refractivity contribution in [2.45, 2.75) is 45.1 Å². The molecule has 0 bridgehead atoms. The molecule has 1 saturated heterocycles. The Labute approximate surface area is 165 Å². The molecule has 7 nitrogen and oxygen atoms in total. The van der Waals surface area contributed by atoms with Gasteiger partial charge < -0.3 is 14.7 Å². The van der Waals surface area contributed by atoms with Gasteiger partial charge in [0.25, 0.3) is 0 Å². The first-order valence-corrected chi connectivity index (χ1v) is 11.6. The number of aromatic nitrogens is 2. The predicted molar refractivity (Wildman–Crippen MR) is 108 cm³/mol. The van der Waals surface area contributed by atoms with E-state index in [-0.39, 0.29) is 17.1 Å². The highest BCUT2D eigenvalue weighted by Crippen LogP contribution is 2.54. The number of pyridine rings is 1. The zero-order valence-corrected chi connectivity index (χ0v) is 17.1. The van der Waals surface area contributed by atoms with Crippen LogP contribution in [-0.4, -0.2) is 53.7 Å². The van der Waals surface area contributed by atoms with E-state index in [0.29, 0.717) is 13.1 Å². The van der Waals surface area contributed by atoms with E-state index < -0.39 is 22.7 Å². The van der Waals surface area contributed by atoms with E-state index >= 15 is 0 Å². The van der Waals surface area contributed by atoms with Crippen molar-refractivity contribution < 1.29 is 18.1 Å². The zero-order chi connectivity index (χ0) is 19.7. The van der Waals surface area contributed by atoms with Gasteiger partial charge in [0, 0.05) is 36.3 Å². The minimum Gasteiger partial charge on any atom is -0.423 e. The first-order valence-electron chi connectivity index (χ1n) is 10.0. The Morgan fingerprint density at radius 3 is 2.71 bits per heavy atom. The van der Waals surface area contributed by atoms with Gasteiger partial charge in [0.15, 0.2) is 0 Å². The van der Waals surface area contributed by atoms with Gasteiger partial charge in [-0.3, -0.25) is 0 Å². The summed E-state index contributed by atoms with van der Waals surface area (Å²) in [6.07, 6.45) is 6.96. The molecule has 2 aromatic rings. The van der Waals surface area contributed by atoms with Gasteiger partial charge in [0.1, 0.15) is 5.65 Å². The molecule has 9 heteroatoms. The van der Waals surface area contributed by atoms with Crippen molar-refractivity contribution in [3.8, 4) is 0 Å². The Hall–Kier alpha value is -1.42. The summed E-state index contributed by atoms with van der Waals surface area (Å²) in [5.74, 6) is 0.354. The lowest BCUT2D eigenvalue weighted by molar-refractivity contribution is -0.0596. The topological polar surface area (TPSA) is 95.5 Å². The normalized spacial score (nSPS) is 23.6. The molecule has 2 fully saturated rings. The molecule has 4 heterocycles. The molecule has 0 aromatic carbocycles. The van der Waals surface area contributed by atoms with Gasteiger partial charge in [-0.25, -0.2) is 17.7 Å². The SMILES string of the molecule is CC(C)CS(=O)(=O)N1CC2(CCC3(CC2)OB(O)c2cnc4[nH]ccc4c23)C1. The third kappa shape index (κ3) is 2.67. The summed E-state index contributed by atoms with van der Waals surface area (Å²) in [5.41, 5.74) is 2.19. The quantitative estimate of drug-likeness (QED) is 0.755. The molecular formula is C19H26BN3O4S. The first kappa shape index (κ1) is 18.6. The Bertz CT molecular complexity index is 1020. The molecule has 1 aliphatic carbocycles. The molecule has 5 rings (SSSR count). The Morgan fingerprint density at radius 2 is 2.04 bits per heavy atom. The standard InChI is InChI=1S/C19H26BN3O4S/c1-13(2)10-28(25,26)23-11-18(12-23)4-6-19(7-5-18)16-14-3-8-21-17(14)22-9-15(16)20(24)27-19/h3,8-9,13,24H,4-7,10-12H2,1-2H3,(H,21,22). The van der Waals surface area contributed by atoms with Gasteiger partial charge in [0.05, 0.1) is 11.4 Å². The van der Waals surface area contributed by atoms with Crippen LogP contribution in [0.15, 0.2) is 18.5 Å². The highest BCUT2D eigenvalue weighted by Gasteiger charge is 2.56. The van der Waals surface area contributed by atoms with E-state index in [1.807, 2.05) is 26.1 Å². The molecule has 0 radical (unpaired) electrons. The van der Waals surface area contributed by atoms with Crippen molar-refractivity contribution in [3.05, 3.63) is 24.0 Å². The van der Waals surface area contributed by atoms with E-state index in [4.69, 9.17) is 4.65 Å². The molecule has 2 N–H and O–H groups in total. The highest BCUT2D eigenvalue weighted by molar-refractivity contribution is 7.89. The van der Waals surface area contributed by atoms with Crippen LogP contribution < -0.4 is 5.46 Å². The van der Waals surface area contributed by atoms with Gasteiger partial charge in [-0.2, -0.15) is 0 Å². The van der Waals surface area contributed by atoms with Crippen LogP contribution in [0, 0.1) is 11.3 Å². The van der Waals surface area contributed by atoms with Gasteiger partial charge in [-0.05, 0) is 48.6 Å². The summed E-state index contributed by atoms with van der Waals surface area (Å²) in [6, 6.07) is 2.00. The predicted octanol–water partition coefficient (Wildman–Crippen LogP) is 1.34. The number of nitrogens with one attached hydrogen (secondary N) is 1. The van der Waals surface area contributed by atoms with Crippen LogP contribution in [0.5, 0.6) is 0 Å². The molecule has 28 heavy (non-hydrogen) atoms. The maximum atomic E-state index is 12.5. The lowest BCUT2D eigenvalue weighted by Crippen LogP contribution is -2.61. The largest absolute Gasteiger partial charge is 0.493 e. The molecule has 1 saturated carbocycles. The van der Waals surface area contributed by atoms with E-state index in [1.165, 1.54) is 0 Å². The number of H-pyrrole nitrogens is 1. The minimum atomic E-state index is -3.15. The minimum absolute atomic E-state index is 0.0522. The highest BCUT2D eigenvalue weighted by atomic mass is 32.2.